The van der Waals surface area contributed by atoms with Gasteiger partial charge in [0.15, 0.2) is 17.8 Å². The quantitative estimate of drug-likeness (QED) is 0.226. The van der Waals surface area contributed by atoms with E-state index in [0.717, 1.165) is 10.9 Å². The Morgan fingerprint density at radius 2 is 1.84 bits per heavy atom. The zero-order valence-corrected chi connectivity index (χ0v) is 18.0. The minimum atomic E-state index is -5.85. The van der Waals surface area contributed by atoms with E-state index in [2.05, 4.69) is 28.7 Å². The SMILES string of the molecule is NC1=NCc2c(ncn2CC(OCP(=O)(O)OP(=O)(O)OP(=O)(O)O)C(F)(F)F)C(=O)N1. The Morgan fingerprint density at radius 3 is 2.41 bits per heavy atom. The number of aromatic nitrogens is 2. The highest BCUT2D eigenvalue weighted by Gasteiger charge is 2.45. The summed E-state index contributed by atoms with van der Waals surface area (Å²) in [6, 6.07) is 0. The highest BCUT2D eigenvalue weighted by molar-refractivity contribution is 7.68. The normalized spacial score (nSPS) is 19.7. The van der Waals surface area contributed by atoms with Crippen LogP contribution in [-0.2, 0) is 40.1 Å². The third-order valence-electron chi connectivity index (χ3n) is 3.41. The van der Waals surface area contributed by atoms with Crippen LogP contribution in [0.3, 0.4) is 0 Å². The van der Waals surface area contributed by atoms with Crippen molar-refractivity contribution in [3.8, 4) is 0 Å². The van der Waals surface area contributed by atoms with Crippen molar-refractivity contribution in [2.45, 2.75) is 25.4 Å². The first-order valence-electron chi connectivity index (χ1n) is 7.85. The van der Waals surface area contributed by atoms with Gasteiger partial charge in [0, 0.05) is 0 Å². The predicted molar refractivity (Wildman–Crippen MR) is 94.7 cm³/mol. The molecule has 3 unspecified atom stereocenters. The summed E-state index contributed by atoms with van der Waals surface area (Å²) in [7, 11) is -17.0. The largest absolute Gasteiger partial charge is 0.488 e. The molecule has 16 nitrogen and oxygen atoms in total. The zero-order chi connectivity index (χ0) is 24.5. The molecule has 3 atom stereocenters. The molecule has 1 aliphatic rings. The van der Waals surface area contributed by atoms with E-state index >= 15 is 0 Å². The number of fused-ring (bicyclic) bond motifs is 1. The molecule has 32 heavy (non-hydrogen) atoms. The van der Waals surface area contributed by atoms with E-state index in [4.69, 9.17) is 20.4 Å². The van der Waals surface area contributed by atoms with Crippen LogP contribution >= 0.6 is 23.2 Å². The van der Waals surface area contributed by atoms with Gasteiger partial charge in [0.25, 0.3) is 5.91 Å². The fraction of sp³-hybridized carbons (Fsp3) is 0.500. The summed E-state index contributed by atoms with van der Waals surface area (Å²) in [6.45, 7) is -1.43. The second-order valence-electron chi connectivity index (χ2n) is 5.93. The van der Waals surface area contributed by atoms with E-state index in [0.29, 0.717) is 0 Å². The fourth-order valence-corrected chi connectivity index (χ4v) is 5.55. The number of phosphoric acid groups is 2. The van der Waals surface area contributed by atoms with E-state index in [1.807, 2.05) is 0 Å². The maximum Gasteiger partial charge on any atom is 0.488 e. The molecule has 0 saturated heterocycles. The molecule has 1 aromatic rings. The van der Waals surface area contributed by atoms with E-state index in [1.54, 1.807) is 0 Å². The summed E-state index contributed by atoms with van der Waals surface area (Å²) >= 11 is 0. The Hall–Kier alpha value is -1.65. The average molecular weight is 531 g/mol. The molecule has 0 aliphatic carbocycles. The van der Waals surface area contributed by atoms with E-state index in [1.165, 1.54) is 0 Å². The van der Waals surface area contributed by atoms with Gasteiger partial charge in [0.1, 0.15) is 6.35 Å². The van der Waals surface area contributed by atoms with Crippen molar-refractivity contribution < 1.29 is 64.6 Å². The van der Waals surface area contributed by atoms with Crippen molar-refractivity contribution in [1.82, 2.24) is 14.9 Å². The number of amides is 1. The molecule has 2 rings (SSSR count). The monoisotopic (exact) mass is 531 g/mol. The number of alkyl halides is 3. The molecule has 0 aromatic carbocycles. The van der Waals surface area contributed by atoms with Gasteiger partial charge in [-0.1, -0.05) is 0 Å². The molecule has 2 heterocycles. The third kappa shape index (κ3) is 7.74. The minimum absolute atomic E-state index is 0.0841. The second kappa shape index (κ2) is 9.30. The van der Waals surface area contributed by atoms with Crippen LogP contribution in [0.15, 0.2) is 11.3 Å². The number of halogens is 3. The molecular formula is C10H15F3N5O11P3. The number of imidazole rings is 1. The molecule has 1 aliphatic heterocycles. The Morgan fingerprint density at radius 1 is 1.22 bits per heavy atom. The van der Waals surface area contributed by atoms with Crippen LogP contribution in [-0.4, -0.2) is 59.6 Å². The first-order valence-corrected chi connectivity index (χ1v) is 12.6. The molecule has 0 radical (unpaired) electrons. The summed E-state index contributed by atoms with van der Waals surface area (Å²) in [5.41, 5.74) is 5.01. The lowest BCUT2D eigenvalue weighted by atomic mass is 10.2. The number of ether oxygens (including phenoxy) is 1. The average Bonchev–Trinajstić information content (AvgIpc) is 2.88. The number of rotatable bonds is 9. The molecule has 7 N–H and O–H groups in total. The first-order chi connectivity index (χ1) is 14.4. The molecule has 22 heteroatoms. The van der Waals surface area contributed by atoms with Crippen LogP contribution in [0.1, 0.15) is 16.2 Å². The third-order valence-corrected chi connectivity index (χ3v) is 7.41. The van der Waals surface area contributed by atoms with E-state index < -0.39 is 54.3 Å². The summed E-state index contributed by atoms with van der Waals surface area (Å²) in [6.07, 6.45) is -8.95. The van der Waals surface area contributed by atoms with Crippen LogP contribution in [0, 0.1) is 0 Å². The van der Waals surface area contributed by atoms with Gasteiger partial charge < -0.3 is 34.6 Å². The minimum Gasteiger partial charge on any atom is -0.370 e. The molecular weight excluding hydrogens is 516 g/mol. The Labute approximate surface area is 175 Å². The number of guanidine groups is 1. The van der Waals surface area contributed by atoms with Crippen molar-refractivity contribution in [2.75, 3.05) is 6.35 Å². The number of nitrogens with one attached hydrogen (secondary N) is 1. The standard InChI is InChI=1S/C10H15F3N5O11P3/c11-10(12,13)6(27-4-30(20,21)28-32(25,26)29-31(22,23)24)2-18-3-16-7-5(18)1-15-9(14)17-8(7)19/h3,6H,1-2,4H2,(H,20,21)(H,25,26)(H2,22,23,24)(H3,14,15,17,19). The maximum absolute atomic E-state index is 13.4. The number of hydrogen-bond donors (Lipinski definition) is 6. The van der Waals surface area contributed by atoms with Crippen molar-refractivity contribution in [3.63, 3.8) is 0 Å². The number of carbonyl (C=O) groups excluding carboxylic acids is 1. The lowest BCUT2D eigenvalue weighted by molar-refractivity contribution is -0.219. The van der Waals surface area contributed by atoms with Gasteiger partial charge in [-0.2, -0.15) is 17.5 Å². The zero-order valence-electron chi connectivity index (χ0n) is 15.3. The molecule has 0 fully saturated rings. The molecule has 0 bridgehead atoms. The van der Waals surface area contributed by atoms with Crippen molar-refractivity contribution in [1.29, 1.82) is 0 Å². The van der Waals surface area contributed by atoms with Crippen LogP contribution in [0.25, 0.3) is 0 Å². The van der Waals surface area contributed by atoms with Gasteiger partial charge in [-0.15, -0.1) is 0 Å². The summed E-state index contributed by atoms with van der Waals surface area (Å²) in [4.78, 5) is 54.7. The fourth-order valence-electron chi connectivity index (χ4n) is 2.24. The van der Waals surface area contributed by atoms with Crippen molar-refractivity contribution >= 4 is 35.1 Å². The smallest absolute Gasteiger partial charge is 0.370 e. The van der Waals surface area contributed by atoms with Gasteiger partial charge in [-0.05, 0) is 0 Å². The Kier molecular flexibility index (Phi) is 7.74. The Balaban J connectivity index is 2.16. The number of nitrogens with two attached hydrogens (primary N) is 1. The summed E-state index contributed by atoms with van der Waals surface area (Å²) in [5, 5.41) is 2.13. The van der Waals surface area contributed by atoms with Gasteiger partial charge >= 0.3 is 29.4 Å². The number of nitrogens with zero attached hydrogens (tertiary/aromatic N) is 3. The number of aliphatic imine (C=N–C) groups is 1. The topological polar surface area (TPSA) is 245 Å². The van der Waals surface area contributed by atoms with Gasteiger partial charge in [0.2, 0.25) is 0 Å². The molecule has 0 saturated carbocycles. The molecule has 182 valence electrons. The van der Waals surface area contributed by atoms with Gasteiger partial charge in [-0.3, -0.25) is 14.7 Å². The van der Waals surface area contributed by atoms with Crippen LogP contribution in [0.2, 0.25) is 0 Å². The highest BCUT2D eigenvalue weighted by atomic mass is 31.3. The second-order valence-corrected chi connectivity index (χ2v) is 10.7. The van der Waals surface area contributed by atoms with Crippen molar-refractivity contribution in [3.05, 3.63) is 17.7 Å². The van der Waals surface area contributed by atoms with Crippen LogP contribution in [0.4, 0.5) is 13.2 Å². The van der Waals surface area contributed by atoms with E-state index in [9.17, 15) is 36.6 Å². The maximum atomic E-state index is 13.4. The molecule has 1 aromatic heterocycles. The molecule has 1 amide bonds. The summed E-state index contributed by atoms with van der Waals surface area (Å²) in [5.74, 6) is -1.13. The van der Waals surface area contributed by atoms with Gasteiger partial charge in [-0.25, -0.2) is 23.4 Å². The Bertz CT molecular complexity index is 1050. The van der Waals surface area contributed by atoms with Crippen LogP contribution < -0.4 is 11.1 Å². The highest BCUT2D eigenvalue weighted by Crippen LogP contribution is 2.66. The number of hydrogen-bond acceptors (Lipinski definition) is 10. The van der Waals surface area contributed by atoms with Gasteiger partial charge in [0.05, 0.1) is 25.1 Å². The lowest BCUT2D eigenvalue weighted by Gasteiger charge is -2.23. The predicted octanol–water partition coefficient (Wildman–Crippen LogP) is -0.242. The van der Waals surface area contributed by atoms with Crippen molar-refractivity contribution in [2.24, 2.45) is 10.7 Å². The first kappa shape index (κ1) is 26.6. The van der Waals surface area contributed by atoms with Crippen LogP contribution in [0.5, 0.6) is 0 Å². The van der Waals surface area contributed by atoms with E-state index in [-0.39, 0.29) is 23.9 Å². The number of carbonyl (C=O) groups is 1. The lowest BCUT2D eigenvalue weighted by Crippen LogP contribution is -2.36. The summed E-state index contributed by atoms with van der Waals surface area (Å²) < 4.78 is 85.9. The molecule has 0 spiro atoms.